The lowest BCUT2D eigenvalue weighted by atomic mass is 10.1. The Morgan fingerprint density at radius 3 is 2.65 bits per heavy atom. The predicted molar refractivity (Wildman–Crippen MR) is 85.5 cm³/mol. The van der Waals surface area contributed by atoms with Gasteiger partial charge in [0.1, 0.15) is 5.75 Å². The Balaban J connectivity index is 1.99. The van der Waals surface area contributed by atoms with E-state index in [2.05, 4.69) is 56.4 Å². The fourth-order valence-corrected chi connectivity index (χ4v) is 2.17. The third-order valence-electron chi connectivity index (χ3n) is 3.24. The molecular weight excluding hydrogens is 246 g/mol. The first-order chi connectivity index (χ1) is 9.69. The molecule has 106 valence electrons. The SMILES string of the molecule is CCCOc1cccc(CNc2ccc(C)cc2C)c1. The molecule has 0 fully saturated rings. The van der Waals surface area contributed by atoms with Gasteiger partial charge in [0.05, 0.1) is 6.61 Å². The maximum atomic E-state index is 5.66. The number of benzene rings is 2. The maximum Gasteiger partial charge on any atom is 0.119 e. The normalized spacial score (nSPS) is 10.3. The van der Waals surface area contributed by atoms with E-state index in [9.17, 15) is 0 Å². The highest BCUT2D eigenvalue weighted by atomic mass is 16.5. The summed E-state index contributed by atoms with van der Waals surface area (Å²) in [5.41, 5.74) is 5.00. The fraction of sp³-hybridized carbons (Fsp3) is 0.333. The van der Waals surface area contributed by atoms with Gasteiger partial charge < -0.3 is 10.1 Å². The molecule has 0 amide bonds. The zero-order valence-electron chi connectivity index (χ0n) is 12.6. The molecule has 0 aliphatic rings. The van der Waals surface area contributed by atoms with Crippen LogP contribution in [0.25, 0.3) is 0 Å². The van der Waals surface area contributed by atoms with Crippen molar-refractivity contribution in [3.05, 3.63) is 59.2 Å². The molecule has 0 radical (unpaired) electrons. The summed E-state index contributed by atoms with van der Waals surface area (Å²) in [5.74, 6) is 0.951. The predicted octanol–water partition coefficient (Wildman–Crippen LogP) is 4.70. The monoisotopic (exact) mass is 269 g/mol. The van der Waals surface area contributed by atoms with Crippen molar-refractivity contribution in [2.45, 2.75) is 33.7 Å². The molecule has 0 aliphatic carbocycles. The molecular formula is C18H23NO. The third-order valence-corrected chi connectivity index (χ3v) is 3.24. The van der Waals surface area contributed by atoms with E-state index in [1.807, 2.05) is 12.1 Å². The second kappa shape index (κ2) is 6.99. The molecule has 2 aromatic rings. The zero-order valence-corrected chi connectivity index (χ0v) is 12.6. The fourth-order valence-electron chi connectivity index (χ4n) is 2.17. The number of hydrogen-bond donors (Lipinski definition) is 1. The summed E-state index contributed by atoms with van der Waals surface area (Å²) in [6, 6.07) is 14.8. The van der Waals surface area contributed by atoms with Crippen molar-refractivity contribution in [2.24, 2.45) is 0 Å². The topological polar surface area (TPSA) is 21.3 Å². The van der Waals surface area contributed by atoms with E-state index in [1.54, 1.807) is 0 Å². The van der Waals surface area contributed by atoms with Gasteiger partial charge in [-0.1, -0.05) is 36.8 Å². The molecule has 2 rings (SSSR count). The van der Waals surface area contributed by atoms with Gasteiger partial charge in [0.2, 0.25) is 0 Å². The lowest BCUT2D eigenvalue weighted by Crippen LogP contribution is -2.02. The molecule has 0 saturated heterocycles. The van der Waals surface area contributed by atoms with Crippen LogP contribution in [0, 0.1) is 13.8 Å². The molecule has 0 atom stereocenters. The van der Waals surface area contributed by atoms with Crippen LogP contribution >= 0.6 is 0 Å². The van der Waals surface area contributed by atoms with Crippen LogP contribution in [-0.4, -0.2) is 6.61 Å². The van der Waals surface area contributed by atoms with Crippen molar-refractivity contribution in [3.8, 4) is 5.75 Å². The minimum absolute atomic E-state index is 0.772. The average Bonchev–Trinajstić information content (AvgIpc) is 2.45. The summed E-state index contributed by atoms with van der Waals surface area (Å²) in [6.45, 7) is 7.95. The van der Waals surface area contributed by atoms with Gasteiger partial charge >= 0.3 is 0 Å². The number of rotatable bonds is 6. The van der Waals surface area contributed by atoms with E-state index >= 15 is 0 Å². The van der Waals surface area contributed by atoms with Gasteiger partial charge in [-0.3, -0.25) is 0 Å². The Morgan fingerprint density at radius 1 is 1.05 bits per heavy atom. The summed E-state index contributed by atoms with van der Waals surface area (Å²) < 4.78 is 5.66. The molecule has 1 N–H and O–H groups in total. The van der Waals surface area contributed by atoms with E-state index in [-0.39, 0.29) is 0 Å². The van der Waals surface area contributed by atoms with Crippen molar-refractivity contribution >= 4 is 5.69 Å². The van der Waals surface area contributed by atoms with E-state index in [1.165, 1.54) is 22.4 Å². The first kappa shape index (κ1) is 14.4. The molecule has 0 bridgehead atoms. The van der Waals surface area contributed by atoms with Crippen LogP contribution in [0.15, 0.2) is 42.5 Å². The highest BCUT2D eigenvalue weighted by molar-refractivity contribution is 5.52. The molecule has 2 heteroatoms. The van der Waals surface area contributed by atoms with Crippen molar-refractivity contribution < 1.29 is 4.74 Å². The van der Waals surface area contributed by atoms with Crippen molar-refractivity contribution in [1.29, 1.82) is 0 Å². The Morgan fingerprint density at radius 2 is 1.90 bits per heavy atom. The van der Waals surface area contributed by atoms with Crippen LogP contribution in [0.3, 0.4) is 0 Å². The molecule has 0 spiro atoms. The van der Waals surface area contributed by atoms with Crippen LogP contribution in [-0.2, 0) is 6.54 Å². The smallest absolute Gasteiger partial charge is 0.119 e. The summed E-state index contributed by atoms with van der Waals surface area (Å²) >= 11 is 0. The number of aryl methyl sites for hydroxylation is 2. The largest absolute Gasteiger partial charge is 0.494 e. The van der Waals surface area contributed by atoms with Gasteiger partial charge in [-0.25, -0.2) is 0 Å². The van der Waals surface area contributed by atoms with E-state index in [4.69, 9.17) is 4.74 Å². The van der Waals surface area contributed by atoms with Crippen LogP contribution in [0.5, 0.6) is 5.75 Å². The van der Waals surface area contributed by atoms with Gasteiger partial charge in [0, 0.05) is 12.2 Å². The van der Waals surface area contributed by atoms with Crippen LogP contribution in [0.4, 0.5) is 5.69 Å². The van der Waals surface area contributed by atoms with Crippen molar-refractivity contribution in [1.82, 2.24) is 0 Å². The lowest BCUT2D eigenvalue weighted by Gasteiger charge is -2.11. The van der Waals surface area contributed by atoms with Crippen molar-refractivity contribution in [3.63, 3.8) is 0 Å². The Kier molecular flexibility index (Phi) is 5.05. The van der Waals surface area contributed by atoms with Gasteiger partial charge in [-0.15, -0.1) is 0 Å². The maximum absolute atomic E-state index is 5.66. The van der Waals surface area contributed by atoms with Crippen molar-refractivity contribution in [2.75, 3.05) is 11.9 Å². The molecule has 0 unspecified atom stereocenters. The van der Waals surface area contributed by atoms with Gasteiger partial charge in [-0.2, -0.15) is 0 Å². The molecule has 2 aromatic carbocycles. The molecule has 0 aromatic heterocycles. The average molecular weight is 269 g/mol. The number of nitrogens with one attached hydrogen (secondary N) is 1. The summed E-state index contributed by atoms with van der Waals surface area (Å²) in [5, 5.41) is 3.48. The second-order valence-electron chi connectivity index (χ2n) is 5.17. The molecule has 20 heavy (non-hydrogen) atoms. The summed E-state index contributed by atoms with van der Waals surface area (Å²) in [4.78, 5) is 0. The zero-order chi connectivity index (χ0) is 14.4. The minimum Gasteiger partial charge on any atom is -0.494 e. The van der Waals surface area contributed by atoms with Crippen LogP contribution < -0.4 is 10.1 Å². The number of ether oxygens (including phenoxy) is 1. The number of anilines is 1. The Hall–Kier alpha value is -1.96. The van der Waals surface area contributed by atoms with Gasteiger partial charge in [0.25, 0.3) is 0 Å². The van der Waals surface area contributed by atoms with E-state index in [0.717, 1.165) is 25.3 Å². The summed E-state index contributed by atoms with van der Waals surface area (Å²) in [6.07, 6.45) is 1.03. The highest BCUT2D eigenvalue weighted by Gasteiger charge is 2.00. The molecule has 2 nitrogen and oxygen atoms in total. The lowest BCUT2D eigenvalue weighted by molar-refractivity contribution is 0.317. The van der Waals surface area contributed by atoms with E-state index in [0.29, 0.717) is 0 Å². The highest BCUT2D eigenvalue weighted by Crippen LogP contribution is 2.19. The van der Waals surface area contributed by atoms with E-state index < -0.39 is 0 Å². The second-order valence-corrected chi connectivity index (χ2v) is 5.17. The van der Waals surface area contributed by atoms with Gasteiger partial charge in [-0.05, 0) is 49.6 Å². The Bertz CT molecular complexity index is 563. The Labute approximate surface area is 121 Å². The van der Waals surface area contributed by atoms with Crippen LogP contribution in [0.2, 0.25) is 0 Å². The molecule has 0 saturated carbocycles. The molecule has 0 aliphatic heterocycles. The van der Waals surface area contributed by atoms with Crippen LogP contribution in [0.1, 0.15) is 30.0 Å². The minimum atomic E-state index is 0.772. The number of hydrogen-bond acceptors (Lipinski definition) is 2. The summed E-state index contributed by atoms with van der Waals surface area (Å²) in [7, 11) is 0. The standard InChI is InChI=1S/C18H23NO/c1-4-10-20-17-7-5-6-16(12-17)13-19-18-9-8-14(2)11-15(18)3/h5-9,11-12,19H,4,10,13H2,1-3H3. The third kappa shape index (κ3) is 4.02. The van der Waals surface area contributed by atoms with Gasteiger partial charge in [0.15, 0.2) is 0 Å². The quantitative estimate of drug-likeness (QED) is 0.820. The first-order valence-electron chi connectivity index (χ1n) is 7.22. The molecule has 0 heterocycles. The first-order valence-corrected chi connectivity index (χ1v) is 7.22.